The largest absolute Gasteiger partial charge is 0.350 e. The van der Waals surface area contributed by atoms with E-state index in [1.807, 2.05) is 13.0 Å². The van der Waals surface area contributed by atoms with Gasteiger partial charge in [0.15, 0.2) is 0 Å². The highest BCUT2D eigenvalue weighted by Crippen LogP contribution is 2.40. The van der Waals surface area contributed by atoms with Crippen molar-refractivity contribution in [1.29, 1.82) is 0 Å². The quantitative estimate of drug-likeness (QED) is 0.901. The molecular formula is C16H20N4O2. The summed E-state index contributed by atoms with van der Waals surface area (Å²) in [6.45, 7) is 3.54. The molecule has 1 saturated heterocycles. The molecule has 2 aromatic heterocycles. The number of pyridine rings is 1. The van der Waals surface area contributed by atoms with E-state index in [0.717, 1.165) is 36.9 Å². The number of aromatic nitrogens is 2. The van der Waals surface area contributed by atoms with Crippen molar-refractivity contribution in [2.24, 2.45) is 0 Å². The Labute approximate surface area is 128 Å². The van der Waals surface area contributed by atoms with Gasteiger partial charge in [-0.15, -0.1) is 0 Å². The van der Waals surface area contributed by atoms with Crippen molar-refractivity contribution in [2.45, 2.75) is 44.6 Å². The Morgan fingerprint density at radius 1 is 1.45 bits per heavy atom. The molecule has 1 aliphatic heterocycles. The van der Waals surface area contributed by atoms with Crippen molar-refractivity contribution >= 4 is 17.0 Å². The topological polar surface area (TPSA) is 80.0 Å². The summed E-state index contributed by atoms with van der Waals surface area (Å²) in [4.78, 5) is 17.1. The molecule has 0 spiro atoms. The van der Waals surface area contributed by atoms with Gasteiger partial charge in [0, 0.05) is 24.2 Å². The van der Waals surface area contributed by atoms with Crippen molar-refractivity contribution in [3.8, 4) is 0 Å². The molecule has 1 saturated carbocycles. The minimum absolute atomic E-state index is 0.0608. The van der Waals surface area contributed by atoms with Gasteiger partial charge in [0.1, 0.15) is 0 Å². The van der Waals surface area contributed by atoms with Crippen molar-refractivity contribution in [2.75, 3.05) is 13.1 Å². The summed E-state index contributed by atoms with van der Waals surface area (Å²) in [5, 5.41) is 11.1. The number of hydrogen-bond donors (Lipinski definition) is 2. The van der Waals surface area contributed by atoms with Crippen LogP contribution in [-0.2, 0) is 0 Å². The van der Waals surface area contributed by atoms with Gasteiger partial charge in [0.25, 0.3) is 11.6 Å². The van der Waals surface area contributed by atoms with E-state index < -0.39 is 0 Å². The van der Waals surface area contributed by atoms with E-state index in [2.05, 4.69) is 20.8 Å². The van der Waals surface area contributed by atoms with Crippen LogP contribution in [0.3, 0.4) is 0 Å². The molecule has 3 heterocycles. The second kappa shape index (κ2) is 5.35. The van der Waals surface area contributed by atoms with Crippen LogP contribution in [0.4, 0.5) is 0 Å². The molecule has 2 aliphatic rings. The van der Waals surface area contributed by atoms with Crippen molar-refractivity contribution in [1.82, 2.24) is 20.8 Å². The molecule has 2 aromatic rings. The summed E-state index contributed by atoms with van der Waals surface area (Å²) in [5.74, 6) is 0.409. The fraction of sp³-hybridized carbons (Fsp3) is 0.562. The molecule has 1 atom stereocenters. The maximum absolute atomic E-state index is 12.6. The maximum atomic E-state index is 12.6. The average Bonchev–Trinajstić information content (AvgIpc) is 3.13. The summed E-state index contributed by atoms with van der Waals surface area (Å²) in [6.07, 6.45) is 4.57. The summed E-state index contributed by atoms with van der Waals surface area (Å²) in [6, 6.07) is 2.30. The van der Waals surface area contributed by atoms with E-state index in [9.17, 15) is 4.79 Å². The van der Waals surface area contributed by atoms with Crippen LogP contribution in [0.1, 0.15) is 53.3 Å². The van der Waals surface area contributed by atoms with Gasteiger partial charge >= 0.3 is 0 Å². The van der Waals surface area contributed by atoms with Gasteiger partial charge in [-0.3, -0.25) is 4.79 Å². The number of amides is 1. The highest BCUT2D eigenvalue weighted by molar-refractivity contribution is 6.06. The molecule has 4 rings (SSSR count). The first-order valence-electron chi connectivity index (χ1n) is 8.01. The smallest absolute Gasteiger partial charge is 0.259 e. The van der Waals surface area contributed by atoms with Gasteiger partial charge in [-0.05, 0) is 45.2 Å². The molecule has 1 aliphatic carbocycles. The Morgan fingerprint density at radius 3 is 3.05 bits per heavy atom. The zero-order chi connectivity index (χ0) is 15.1. The van der Waals surface area contributed by atoms with Gasteiger partial charge in [0.05, 0.1) is 16.6 Å². The molecular weight excluding hydrogens is 280 g/mol. The summed E-state index contributed by atoms with van der Waals surface area (Å²) >= 11 is 0. The fourth-order valence-electron chi connectivity index (χ4n) is 3.12. The Kier molecular flexibility index (Phi) is 3.33. The Morgan fingerprint density at radius 2 is 2.32 bits per heavy atom. The van der Waals surface area contributed by atoms with E-state index in [1.54, 1.807) is 0 Å². The third kappa shape index (κ3) is 2.47. The standard InChI is InChI=1S/C16H20N4O2/c1-9-14-12(15(21)18-8-11-3-2-6-17-11)7-13(10-4-5-10)19-16(14)22-20-9/h7,10-11,17H,2-6,8H2,1H3,(H,18,21). The number of fused-ring (bicyclic) bond motifs is 1. The van der Waals surface area contributed by atoms with Crippen LogP contribution in [0.15, 0.2) is 10.6 Å². The second-order valence-electron chi connectivity index (χ2n) is 6.32. The maximum Gasteiger partial charge on any atom is 0.259 e. The number of rotatable bonds is 4. The first-order valence-corrected chi connectivity index (χ1v) is 8.01. The summed E-state index contributed by atoms with van der Waals surface area (Å²) in [7, 11) is 0. The first kappa shape index (κ1) is 13.7. The molecule has 1 unspecified atom stereocenters. The van der Waals surface area contributed by atoms with Crippen molar-refractivity contribution in [3.05, 3.63) is 23.0 Å². The highest BCUT2D eigenvalue weighted by Gasteiger charge is 2.28. The Bertz CT molecular complexity index is 714. The second-order valence-corrected chi connectivity index (χ2v) is 6.32. The normalized spacial score (nSPS) is 21.4. The number of carbonyl (C=O) groups excluding carboxylic acids is 1. The highest BCUT2D eigenvalue weighted by atomic mass is 16.5. The number of hydrogen-bond acceptors (Lipinski definition) is 5. The molecule has 1 amide bonds. The molecule has 0 radical (unpaired) electrons. The van der Waals surface area contributed by atoms with Crippen LogP contribution in [0, 0.1) is 6.92 Å². The molecule has 2 fully saturated rings. The third-order valence-corrected chi connectivity index (χ3v) is 4.55. The van der Waals surface area contributed by atoms with Gasteiger partial charge in [-0.2, -0.15) is 0 Å². The average molecular weight is 300 g/mol. The molecule has 22 heavy (non-hydrogen) atoms. The number of aryl methyl sites for hydroxylation is 1. The lowest BCUT2D eigenvalue weighted by Gasteiger charge is -2.12. The summed E-state index contributed by atoms with van der Waals surface area (Å²) in [5.41, 5.74) is 2.79. The van der Waals surface area contributed by atoms with Gasteiger partial charge in [-0.1, -0.05) is 5.16 Å². The van der Waals surface area contributed by atoms with Crippen molar-refractivity contribution in [3.63, 3.8) is 0 Å². The van der Waals surface area contributed by atoms with Crippen LogP contribution in [-0.4, -0.2) is 35.2 Å². The van der Waals surface area contributed by atoms with Crippen LogP contribution in [0.2, 0.25) is 0 Å². The van der Waals surface area contributed by atoms with E-state index in [1.165, 1.54) is 6.42 Å². The van der Waals surface area contributed by atoms with Crippen LogP contribution < -0.4 is 10.6 Å². The predicted molar refractivity (Wildman–Crippen MR) is 81.9 cm³/mol. The van der Waals surface area contributed by atoms with Crippen LogP contribution in [0.25, 0.3) is 11.1 Å². The van der Waals surface area contributed by atoms with Crippen LogP contribution in [0.5, 0.6) is 0 Å². The van der Waals surface area contributed by atoms with E-state index in [0.29, 0.717) is 35.5 Å². The van der Waals surface area contributed by atoms with E-state index in [4.69, 9.17) is 4.52 Å². The van der Waals surface area contributed by atoms with E-state index in [-0.39, 0.29) is 5.91 Å². The minimum Gasteiger partial charge on any atom is -0.350 e. The van der Waals surface area contributed by atoms with E-state index >= 15 is 0 Å². The fourth-order valence-corrected chi connectivity index (χ4v) is 3.12. The predicted octanol–water partition coefficient (Wildman–Crippen LogP) is 1.89. The lowest BCUT2D eigenvalue weighted by atomic mass is 10.1. The molecule has 6 heteroatoms. The van der Waals surface area contributed by atoms with Crippen molar-refractivity contribution < 1.29 is 9.32 Å². The number of nitrogens with one attached hydrogen (secondary N) is 2. The molecule has 0 bridgehead atoms. The lowest BCUT2D eigenvalue weighted by molar-refractivity contribution is 0.0951. The number of nitrogens with zero attached hydrogens (tertiary/aromatic N) is 2. The minimum atomic E-state index is -0.0608. The van der Waals surface area contributed by atoms with Gasteiger partial charge < -0.3 is 15.2 Å². The zero-order valence-electron chi connectivity index (χ0n) is 12.7. The van der Waals surface area contributed by atoms with Gasteiger partial charge in [0.2, 0.25) is 0 Å². The molecule has 116 valence electrons. The molecule has 2 N–H and O–H groups in total. The molecule has 6 nitrogen and oxygen atoms in total. The lowest BCUT2D eigenvalue weighted by Crippen LogP contribution is -2.37. The monoisotopic (exact) mass is 300 g/mol. The Hall–Kier alpha value is -1.95. The molecule has 0 aromatic carbocycles. The third-order valence-electron chi connectivity index (χ3n) is 4.55. The number of carbonyl (C=O) groups is 1. The van der Waals surface area contributed by atoms with Gasteiger partial charge in [-0.25, -0.2) is 4.98 Å². The SMILES string of the molecule is Cc1noc2nc(C3CC3)cc(C(=O)NCC3CCCN3)c12. The first-order chi connectivity index (χ1) is 10.7. The summed E-state index contributed by atoms with van der Waals surface area (Å²) < 4.78 is 5.28. The van der Waals surface area contributed by atoms with Crippen LogP contribution >= 0.6 is 0 Å². The Balaban J connectivity index is 1.63. The zero-order valence-corrected chi connectivity index (χ0v) is 12.7.